The number of nitrogens with zero attached hydrogens (tertiary/aromatic N) is 3. The molecule has 1 aromatic carbocycles. The van der Waals surface area contributed by atoms with Gasteiger partial charge in [0.15, 0.2) is 0 Å². The predicted molar refractivity (Wildman–Crippen MR) is 69.3 cm³/mol. The fraction of sp³-hybridized carbons (Fsp3) is 0.308. The van der Waals surface area contributed by atoms with E-state index in [9.17, 15) is 5.11 Å². The lowest BCUT2D eigenvalue weighted by atomic mass is 10.1. The van der Waals surface area contributed by atoms with Gasteiger partial charge in [-0.25, -0.2) is 4.99 Å². The summed E-state index contributed by atoms with van der Waals surface area (Å²) in [7, 11) is 0. The molecule has 2 rings (SSSR count). The molecule has 0 N–H and O–H groups in total. The number of rotatable bonds is 4. The zero-order valence-corrected chi connectivity index (χ0v) is 11.5. The summed E-state index contributed by atoms with van der Waals surface area (Å²) in [5.74, 6) is 0.0150. The molecule has 0 fully saturated rings. The maximum Gasteiger partial charge on any atom is 0.325 e. The van der Waals surface area contributed by atoms with Crippen molar-refractivity contribution in [2.75, 3.05) is 0 Å². The van der Waals surface area contributed by atoms with Crippen LogP contribution >= 0.6 is 11.6 Å². The van der Waals surface area contributed by atoms with Crippen molar-refractivity contribution in [1.82, 2.24) is 5.27 Å². The molecular weight excluding hydrogens is 266 g/mol. The topological polar surface area (TPSA) is 65.3 Å². The van der Waals surface area contributed by atoms with Gasteiger partial charge in [0.25, 0.3) is 5.69 Å². The molecule has 5 nitrogen and oxygen atoms in total. The molecular formula is C13H14ClN3O2. The van der Waals surface area contributed by atoms with Crippen molar-refractivity contribution in [3.8, 4) is 0 Å². The van der Waals surface area contributed by atoms with Gasteiger partial charge in [-0.3, -0.25) is 4.52 Å². The minimum absolute atomic E-state index is 0.176. The molecule has 1 heterocycles. The zero-order valence-electron chi connectivity index (χ0n) is 10.8. The molecule has 0 spiro atoms. The number of halogens is 1. The Hall–Kier alpha value is -1.88. The van der Waals surface area contributed by atoms with E-state index in [1.807, 2.05) is 31.2 Å². The van der Waals surface area contributed by atoms with Crippen LogP contribution in [0, 0.1) is 6.92 Å². The van der Waals surface area contributed by atoms with Crippen molar-refractivity contribution in [3.63, 3.8) is 0 Å². The Morgan fingerprint density at radius 1 is 1.42 bits per heavy atom. The highest BCUT2D eigenvalue weighted by atomic mass is 35.5. The van der Waals surface area contributed by atoms with Crippen molar-refractivity contribution in [3.05, 3.63) is 41.1 Å². The summed E-state index contributed by atoms with van der Waals surface area (Å²) in [6.45, 7) is 3.91. The lowest BCUT2D eigenvalue weighted by Crippen LogP contribution is -2.39. The average molecular weight is 280 g/mol. The molecule has 0 amide bonds. The van der Waals surface area contributed by atoms with E-state index >= 15 is 0 Å². The first-order valence-electron chi connectivity index (χ1n) is 5.82. The number of aryl methyl sites for hydroxylation is 1. The van der Waals surface area contributed by atoms with Crippen molar-refractivity contribution in [1.29, 1.82) is 0 Å². The Labute approximate surface area is 116 Å². The molecule has 0 unspecified atom stereocenters. The number of aliphatic imine (C=N–C) groups is 1. The van der Waals surface area contributed by atoms with Crippen LogP contribution in [-0.2, 0) is 12.4 Å². The van der Waals surface area contributed by atoms with Crippen LogP contribution in [0.15, 0.2) is 33.8 Å². The maximum atomic E-state index is 11.0. The molecule has 19 heavy (non-hydrogen) atoms. The molecule has 0 aliphatic heterocycles. The van der Waals surface area contributed by atoms with Gasteiger partial charge in [-0.1, -0.05) is 29.8 Å². The number of aromatic nitrogens is 2. The van der Waals surface area contributed by atoms with Gasteiger partial charge < -0.3 is 5.11 Å². The van der Waals surface area contributed by atoms with Gasteiger partial charge in [0, 0.05) is 5.56 Å². The quantitative estimate of drug-likeness (QED) is 0.368. The summed E-state index contributed by atoms with van der Waals surface area (Å²) >= 11 is 5.86. The second kappa shape index (κ2) is 5.84. The molecule has 0 aliphatic rings. The summed E-state index contributed by atoms with van der Waals surface area (Å²) in [5, 5.41) is 14.8. The Balaban J connectivity index is 2.28. The normalized spacial score (nSPS) is 11.8. The van der Waals surface area contributed by atoms with E-state index in [0.29, 0.717) is 12.2 Å². The lowest BCUT2D eigenvalue weighted by Gasteiger charge is -1.98. The Morgan fingerprint density at radius 3 is 2.68 bits per heavy atom. The summed E-state index contributed by atoms with van der Waals surface area (Å²) in [5.41, 5.74) is 2.86. The Kier molecular flexibility index (Phi) is 4.16. The molecule has 6 heteroatoms. The van der Waals surface area contributed by atoms with Crippen molar-refractivity contribution in [2.45, 2.75) is 26.3 Å². The third-order valence-electron chi connectivity index (χ3n) is 2.62. The number of hydrogen-bond acceptors (Lipinski definition) is 4. The van der Waals surface area contributed by atoms with Crippen molar-refractivity contribution < 1.29 is 14.3 Å². The highest BCUT2D eigenvalue weighted by molar-refractivity contribution is 6.17. The first-order valence-corrected chi connectivity index (χ1v) is 6.36. The average Bonchev–Trinajstić information content (AvgIpc) is 2.73. The Bertz CT molecular complexity index is 586. The predicted octanol–water partition coefficient (Wildman–Crippen LogP) is 1.47. The van der Waals surface area contributed by atoms with Crippen LogP contribution < -0.4 is 9.79 Å². The SMILES string of the molecule is C/C([O-])=N/c1on[n+](Cc2ccc(C)cc2)c1CCl. The van der Waals surface area contributed by atoms with E-state index < -0.39 is 0 Å². The summed E-state index contributed by atoms with van der Waals surface area (Å²) < 4.78 is 6.65. The Morgan fingerprint density at radius 2 is 2.11 bits per heavy atom. The molecule has 0 atom stereocenters. The fourth-order valence-electron chi connectivity index (χ4n) is 1.65. The summed E-state index contributed by atoms with van der Waals surface area (Å²) in [6, 6.07) is 8.07. The second-order valence-electron chi connectivity index (χ2n) is 4.23. The van der Waals surface area contributed by atoms with Gasteiger partial charge in [-0.05, 0) is 24.4 Å². The molecule has 0 radical (unpaired) electrons. The maximum absolute atomic E-state index is 11.0. The van der Waals surface area contributed by atoms with Gasteiger partial charge in [0.05, 0.1) is 0 Å². The first kappa shape index (κ1) is 13.5. The van der Waals surface area contributed by atoms with E-state index in [1.54, 1.807) is 4.68 Å². The summed E-state index contributed by atoms with van der Waals surface area (Å²) in [6.07, 6.45) is 0. The third-order valence-corrected chi connectivity index (χ3v) is 2.88. The van der Waals surface area contributed by atoms with Crippen molar-refractivity contribution in [2.24, 2.45) is 4.99 Å². The number of hydrogen-bond donors (Lipinski definition) is 0. The monoisotopic (exact) mass is 279 g/mol. The zero-order chi connectivity index (χ0) is 13.8. The lowest BCUT2D eigenvalue weighted by molar-refractivity contribution is -0.760. The molecule has 0 bridgehead atoms. The van der Waals surface area contributed by atoms with E-state index in [-0.39, 0.29) is 17.7 Å². The van der Waals surface area contributed by atoms with Gasteiger partial charge in [0.2, 0.25) is 11.8 Å². The van der Waals surface area contributed by atoms with Gasteiger partial charge in [-0.2, -0.15) is 0 Å². The van der Waals surface area contributed by atoms with Gasteiger partial charge in [-0.15, -0.1) is 11.6 Å². The van der Waals surface area contributed by atoms with Crippen LogP contribution in [0.4, 0.5) is 5.88 Å². The van der Waals surface area contributed by atoms with E-state index in [2.05, 4.69) is 10.3 Å². The van der Waals surface area contributed by atoms with E-state index in [4.69, 9.17) is 16.1 Å². The van der Waals surface area contributed by atoms with Crippen LogP contribution in [0.25, 0.3) is 0 Å². The van der Waals surface area contributed by atoms with Crippen LogP contribution in [0.5, 0.6) is 0 Å². The molecule has 1 aromatic heterocycles. The molecule has 0 saturated heterocycles. The number of alkyl halides is 1. The molecule has 2 aromatic rings. The highest BCUT2D eigenvalue weighted by Crippen LogP contribution is 2.17. The van der Waals surface area contributed by atoms with Gasteiger partial charge >= 0.3 is 5.88 Å². The molecule has 100 valence electrons. The van der Waals surface area contributed by atoms with Crippen molar-refractivity contribution >= 4 is 23.4 Å². The van der Waals surface area contributed by atoms with Crippen LogP contribution in [0.1, 0.15) is 23.7 Å². The van der Waals surface area contributed by atoms with E-state index in [0.717, 1.165) is 5.56 Å². The summed E-state index contributed by atoms with van der Waals surface area (Å²) in [4.78, 5) is 3.73. The van der Waals surface area contributed by atoms with Crippen LogP contribution in [0.2, 0.25) is 0 Å². The van der Waals surface area contributed by atoms with Crippen LogP contribution in [0.3, 0.4) is 0 Å². The molecule has 0 aliphatic carbocycles. The fourth-order valence-corrected chi connectivity index (χ4v) is 1.90. The second-order valence-corrected chi connectivity index (χ2v) is 4.50. The first-order chi connectivity index (χ1) is 9.10. The largest absolute Gasteiger partial charge is 0.862 e. The standard InChI is InChI=1S/C13H14ClN3O2/c1-9-3-5-11(6-4-9)8-17-12(7-14)13(19-16-17)15-10(2)18/h3-6H,7-8H2,1-2H3. The molecule has 0 saturated carbocycles. The number of benzene rings is 1. The van der Waals surface area contributed by atoms with E-state index in [1.165, 1.54) is 12.5 Å². The van der Waals surface area contributed by atoms with Crippen LogP contribution in [-0.4, -0.2) is 11.2 Å². The third kappa shape index (κ3) is 3.32. The highest BCUT2D eigenvalue weighted by Gasteiger charge is 2.23. The minimum atomic E-state index is -0.343. The van der Waals surface area contributed by atoms with Gasteiger partial charge in [0.1, 0.15) is 5.88 Å². The minimum Gasteiger partial charge on any atom is -0.862 e. The smallest absolute Gasteiger partial charge is 0.325 e.